The average Bonchev–Trinajstić information content (AvgIpc) is 2.39. The summed E-state index contributed by atoms with van der Waals surface area (Å²) in [4.78, 5) is 6.48. The average molecular weight is 233 g/mol. The third-order valence-electron chi connectivity index (χ3n) is 3.48. The van der Waals surface area contributed by atoms with Crippen molar-refractivity contribution in [2.75, 3.05) is 26.7 Å². The zero-order chi connectivity index (χ0) is 11.9. The number of likely N-dealkylation sites (N-methyl/N-ethyl adjacent to an activating group) is 1. The lowest BCUT2D eigenvalue weighted by molar-refractivity contribution is 0.264. The van der Waals surface area contributed by atoms with E-state index in [4.69, 9.17) is 0 Å². The number of aromatic nitrogens is 1. The maximum atomic E-state index is 4.04. The highest BCUT2D eigenvalue weighted by molar-refractivity contribution is 5.09. The molecule has 0 unspecified atom stereocenters. The van der Waals surface area contributed by atoms with Crippen LogP contribution in [0, 0.1) is 0 Å². The van der Waals surface area contributed by atoms with Crippen LogP contribution in [0.1, 0.15) is 24.8 Å². The normalized spacial score (nSPS) is 20.7. The lowest BCUT2D eigenvalue weighted by Gasteiger charge is -2.28. The lowest BCUT2D eigenvalue weighted by atomic mass is 10.0. The summed E-state index contributed by atoms with van der Waals surface area (Å²) in [6, 6.07) is 4.91. The Labute approximate surface area is 104 Å². The summed E-state index contributed by atoms with van der Waals surface area (Å²) in [5.74, 6) is 0. The van der Waals surface area contributed by atoms with Crippen molar-refractivity contribution in [3.05, 3.63) is 30.1 Å². The van der Waals surface area contributed by atoms with Crippen molar-refractivity contribution < 1.29 is 0 Å². The highest BCUT2D eigenvalue weighted by Crippen LogP contribution is 2.08. The standard InChI is InChI=1S/C14H23N3/c1-17(12-14-4-2-3-8-16-14)11-7-13-5-9-15-10-6-13/h5-6,9-10,14,16H,2-4,7-8,11-12H2,1H3/t14-/m1/s1. The van der Waals surface area contributed by atoms with Crippen molar-refractivity contribution in [1.29, 1.82) is 0 Å². The molecule has 94 valence electrons. The van der Waals surface area contributed by atoms with Crippen molar-refractivity contribution in [2.45, 2.75) is 31.7 Å². The van der Waals surface area contributed by atoms with Gasteiger partial charge in [-0.25, -0.2) is 0 Å². The Morgan fingerprint density at radius 1 is 1.35 bits per heavy atom. The van der Waals surface area contributed by atoms with Gasteiger partial charge < -0.3 is 10.2 Å². The SMILES string of the molecule is CN(CCc1ccncc1)C[C@H]1CCCCN1. The van der Waals surface area contributed by atoms with Crippen molar-refractivity contribution in [1.82, 2.24) is 15.2 Å². The molecule has 1 N–H and O–H groups in total. The minimum atomic E-state index is 0.700. The minimum absolute atomic E-state index is 0.700. The van der Waals surface area contributed by atoms with Crippen LogP contribution in [0.15, 0.2) is 24.5 Å². The summed E-state index contributed by atoms with van der Waals surface area (Å²) in [5.41, 5.74) is 1.38. The molecule has 1 aliphatic heterocycles. The van der Waals surface area contributed by atoms with E-state index in [2.05, 4.69) is 34.4 Å². The molecule has 1 aromatic heterocycles. The molecule has 1 aliphatic rings. The number of nitrogens with one attached hydrogen (secondary N) is 1. The van der Waals surface area contributed by atoms with Crippen LogP contribution in [-0.4, -0.2) is 42.6 Å². The Balaban J connectivity index is 1.68. The zero-order valence-electron chi connectivity index (χ0n) is 10.7. The molecule has 2 heterocycles. The Morgan fingerprint density at radius 2 is 2.18 bits per heavy atom. The molecule has 0 aliphatic carbocycles. The number of hydrogen-bond acceptors (Lipinski definition) is 3. The second kappa shape index (κ2) is 6.72. The number of rotatable bonds is 5. The summed E-state index contributed by atoms with van der Waals surface area (Å²) in [5, 5.41) is 3.60. The predicted molar refractivity (Wildman–Crippen MR) is 71.1 cm³/mol. The Kier molecular flexibility index (Phi) is 4.95. The lowest BCUT2D eigenvalue weighted by Crippen LogP contribution is -2.42. The van der Waals surface area contributed by atoms with Gasteiger partial charge in [0.2, 0.25) is 0 Å². The van der Waals surface area contributed by atoms with Crippen LogP contribution in [0.4, 0.5) is 0 Å². The molecule has 1 saturated heterocycles. The highest BCUT2D eigenvalue weighted by Gasteiger charge is 2.14. The number of piperidine rings is 1. The quantitative estimate of drug-likeness (QED) is 0.839. The van der Waals surface area contributed by atoms with E-state index in [0.29, 0.717) is 6.04 Å². The molecule has 1 aromatic rings. The van der Waals surface area contributed by atoms with E-state index >= 15 is 0 Å². The van der Waals surface area contributed by atoms with Gasteiger partial charge in [-0.05, 0) is 50.6 Å². The summed E-state index contributed by atoms with van der Waals surface area (Å²) < 4.78 is 0. The number of nitrogens with zero attached hydrogens (tertiary/aromatic N) is 2. The van der Waals surface area contributed by atoms with Crippen LogP contribution in [0.2, 0.25) is 0 Å². The Hall–Kier alpha value is -0.930. The molecule has 0 radical (unpaired) electrons. The summed E-state index contributed by atoms with van der Waals surface area (Å²) in [6.45, 7) is 3.50. The van der Waals surface area contributed by atoms with E-state index in [0.717, 1.165) is 13.0 Å². The first-order chi connectivity index (χ1) is 8.34. The molecule has 17 heavy (non-hydrogen) atoms. The van der Waals surface area contributed by atoms with Gasteiger partial charge in [0.05, 0.1) is 0 Å². The first-order valence-corrected chi connectivity index (χ1v) is 6.65. The first-order valence-electron chi connectivity index (χ1n) is 6.65. The maximum absolute atomic E-state index is 4.04. The van der Waals surface area contributed by atoms with Crippen molar-refractivity contribution >= 4 is 0 Å². The van der Waals surface area contributed by atoms with E-state index in [9.17, 15) is 0 Å². The zero-order valence-corrected chi connectivity index (χ0v) is 10.7. The minimum Gasteiger partial charge on any atom is -0.313 e. The molecule has 0 aromatic carbocycles. The van der Waals surface area contributed by atoms with Crippen molar-refractivity contribution in [3.63, 3.8) is 0 Å². The Bertz CT molecular complexity index is 307. The third kappa shape index (κ3) is 4.44. The number of pyridine rings is 1. The molecular formula is C14H23N3. The molecule has 2 rings (SSSR count). The van der Waals surface area contributed by atoms with Gasteiger partial charge in [-0.2, -0.15) is 0 Å². The van der Waals surface area contributed by atoms with Gasteiger partial charge in [-0.15, -0.1) is 0 Å². The van der Waals surface area contributed by atoms with Gasteiger partial charge in [0.15, 0.2) is 0 Å². The fraction of sp³-hybridized carbons (Fsp3) is 0.643. The van der Waals surface area contributed by atoms with Crippen molar-refractivity contribution in [3.8, 4) is 0 Å². The molecule has 0 bridgehead atoms. The molecule has 0 saturated carbocycles. The molecule has 0 amide bonds. The Morgan fingerprint density at radius 3 is 2.88 bits per heavy atom. The third-order valence-corrected chi connectivity index (χ3v) is 3.48. The molecule has 1 fully saturated rings. The van der Waals surface area contributed by atoms with Crippen LogP contribution in [0.5, 0.6) is 0 Å². The van der Waals surface area contributed by atoms with Gasteiger partial charge in [0, 0.05) is 31.5 Å². The van der Waals surface area contributed by atoms with Crippen LogP contribution in [0.25, 0.3) is 0 Å². The highest BCUT2D eigenvalue weighted by atomic mass is 15.1. The summed E-state index contributed by atoms with van der Waals surface area (Å²) in [6.07, 6.45) is 8.93. The molecule has 1 atom stereocenters. The van der Waals surface area contributed by atoms with Gasteiger partial charge in [-0.3, -0.25) is 4.98 Å². The predicted octanol–water partition coefficient (Wildman–Crippen LogP) is 1.70. The second-order valence-electron chi connectivity index (χ2n) is 5.01. The fourth-order valence-electron chi connectivity index (χ4n) is 2.42. The van der Waals surface area contributed by atoms with E-state index < -0.39 is 0 Å². The monoisotopic (exact) mass is 233 g/mol. The molecule has 3 nitrogen and oxygen atoms in total. The van der Waals surface area contributed by atoms with Crippen LogP contribution < -0.4 is 5.32 Å². The molecule has 3 heteroatoms. The second-order valence-corrected chi connectivity index (χ2v) is 5.01. The van der Waals surface area contributed by atoms with E-state index in [1.165, 1.54) is 37.9 Å². The topological polar surface area (TPSA) is 28.2 Å². The van der Waals surface area contributed by atoms with Gasteiger partial charge in [0.1, 0.15) is 0 Å². The van der Waals surface area contributed by atoms with Crippen LogP contribution >= 0.6 is 0 Å². The van der Waals surface area contributed by atoms with E-state index in [1.54, 1.807) is 0 Å². The fourth-order valence-corrected chi connectivity index (χ4v) is 2.42. The van der Waals surface area contributed by atoms with E-state index in [-0.39, 0.29) is 0 Å². The molecular weight excluding hydrogens is 210 g/mol. The van der Waals surface area contributed by atoms with Crippen LogP contribution in [0.3, 0.4) is 0 Å². The largest absolute Gasteiger partial charge is 0.313 e. The number of hydrogen-bond donors (Lipinski definition) is 1. The van der Waals surface area contributed by atoms with Gasteiger partial charge in [-0.1, -0.05) is 6.42 Å². The smallest absolute Gasteiger partial charge is 0.0270 e. The van der Waals surface area contributed by atoms with Crippen LogP contribution in [-0.2, 0) is 6.42 Å². The first kappa shape index (κ1) is 12.5. The summed E-state index contributed by atoms with van der Waals surface area (Å²) in [7, 11) is 2.22. The molecule has 0 spiro atoms. The van der Waals surface area contributed by atoms with Gasteiger partial charge in [0.25, 0.3) is 0 Å². The van der Waals surface area contributed by atoms with E-state index in [1.807, 2.05) is 12.4 Å². The van der Waals surface area contributed by atoms with Gasteiger partial charge >= 0.3 is 0 Å². The maximum Gasteiger partial charge on any atom is 0.0270 e. The van der Waals surface area contributed by atoms with Crippen molar-refractivity contribution in [2.24, 2.45) is 0 Å². The summed E-state index contributed by atoms with van der Waals surface area (Å²) >= 11 is 0.